The molecule has 0 fully saturated rings. The molecule has 1 aromatic heterocycles. The van der Waals surface area contributed by atoms with Gasteiger partial charge in [0.15, 0.2) is 0 Å². The van der Waals surface area contributed by atoms with E-state index in [2.05, 4.69) is 15.0 Å². The van der Waals surface area contributed by atoms with Crippen molar-refractivity contribution in [2.24, 2.45) is 0 Å². The Hall–Kier alpha value is -3.76. The molecule has 0 radical (unpaired) electrons. The number of pyridine rings is 1. The lowest BCUT2D eigenvalue weighted by Gasteiger charge is -2.16. The van der Waals surface area contributed by atoms with Gasteiger partial charge in [0.05, 0.1) is 11.5 Å². The molecule has 0 aliphatic carbocycles. The fourth-order valence-electron chi connectivity index (χ4n) is 3.05. The number of aliphatic carboxylic acids is 1. The standard InChI is InChI=1S/C24H25N3O6S/c28-23(26-17-22(24(29)30)27-34(31,32)21-6-2-1-3-7-21)19-8-10-20(11-9-19)33-16-4-5-18-12-14-25-15-13-18/h1-3,6-15,22,27H,4-5,16-17H2,(H,26,28)(H,29,30). The number of nitrogens with one attached hydrogen (secondary N) is 2. The van der Waals surface area contributed by atoms with E-state index in [0.29, 0.717) is 17.9 Å². The number of nitrogens with zero attached hydrogens (tertiary/aromatic N) is 1. The number of benzene rings is 2. The van der Waals surface area contributed by atoms with Gasteiger partial charge in [0, 0.05) is 24.5 Å². The summed E-state index contributed by atoms with van der Waals surface area (Å²) in [5, 5.41) is 11.8. The summed E-state index contributed by atoms with van der Waals surface area (Å²) < 4.78 is 32.6. The fraction of sp³-hybridized carbons (Fsp3) is 0.208. The van der Waals surface area contributed by atoms with Gasteiger partial charge in [0.25, 0.3) is 5.91 Å². The summed E-state index contributed by atoms with van der Waals surface area (Å²) in [7, 11) is -4.05. The van der Waals surface area contributed by atoms with Crippen LogP contribution in [0.25, 0.3) is 0 Å². The summed E-state index contributed by atoms with van der Waals surface area (Å²) in [5.41, 5.74) is 1.47. The van der Waals surface area contributed by atoms with Crippen LogP contribution in [0.5, 0.6) is 5.75 Å². The number of carboxylic acid groups (broad SMARTS) is 1. The molecule has 3 rings (SSSR count). The second kappa shape index (κ2) is 11.9. The van der Waals surface area contributed by atoms with Crippen LogP contribution < -0.4 is 14.8 Å². The molecule has 178 valence electrons. The Morgan fingerprint density at radius 2 is 1.65 bits per heavy atom. The van der Waals surface area contributed by atoms with Crippen molar-refractivity contribution in [3.8, 4) is 5.75 Å². The zero-order chi connectivity index (χ0) is 24.4. The maximum absolute atomic E-state index is 12.4. The van der Waals surface area contributed by atoms with Crippen LogP contribution in [0.15, 0.2) is 84.0 Å². The minimum Gasteiger partial charge on any atom is -0.494 e. The average Bonchev–Trinajstić information content (AvgIpc) is 2.85. The minimum atomic E-state index is -4.05. The maximum atomic E-state index is 12.4. The number of carboxylic acids is 1. The summed E-state index contributed by atoms with van der Waals surface area (Å²) in [5.74, 6) is -1.34. The number of ether oxygens (including phenoxy) is 1. The fourth-order valence-corrected chi connectivity index (χ4v) is 4.26. The van der Waals surface area contributed by atoms with Crippen LogP contribution in [0, 0.1) is 0 Å². The highest BCUT2D eigenvalue weighted by Gasteiger charge is 2.26. The van der Waals surface area contributed by atoms with E-state index in [4.69, 9.17) is 4.74 Å². The lowest BCUT2D eigenvalue weighted by Crippen LogP contribution is -2.48. The first-order valence-corrected chi connectivity index (χ1v) is 12.0. The quantitative estimate of drug-likeness (QED) is 0.336. The maximum Gasteiger partial charge on any atom is 0.323 e. The van der Waals surface area contributed by atoms with E-state index in [1.54, 1.807) is 42.7 Å². The number of hydrogen-bond acceptors (Lipinski definition) is 6. The molecule has 1 atom stereocenters. The summed E-state index contributed by atoms with van der Waals surface area (Å²) in [6.07, 6.45) is 5.18. The highest BCUT2D eigenvalue weighted by Crippen LogP contribution is 2.13. The smallest absolute Gasteiger partial charge is 0.323 e. The van der Waals surface area contributed by atoms with Crippen LogP contribution in [-0.4, -0.2) is 49.6 Å². The van der Waals surface area contributed by atoms with Crippen LogP contribution in [0.3, 0.4) is 0 Å². The number of hydrogen-bond donors (Lipinski definition) is 3. The van der Waals surface area contributed by atoms with Crippen LogP contribution in [0.2, 0.25) is 0 Å². The lowest BCUT2D eigenvalue weighted by atomic mass is 10.1. The largest absolute Gasteiger partial charge is 0.494 e. The first kappa shape index (κ1) is 24.9. The monoisotopic (exact) mass is 483 g/mol. The third-order valence-corrected chi connectivity index (χ3v) is 6.35. The Labute approximate surface area is 197 Å². The highest BCUT2D eigenvalue weighted by molar-refractivity contribution is 7.89. The molecule has 0 aliphatic heterocycles. The van der Waals surface area contributed by atoms with E-state index >= 15 is 0 Å². The Morgan fingerprint density at radius 3 is 2.29 bits per heavy atom. The number of amides is 1. The van der Waals surface area contributed by atoms with E-state index in [1.165, 1.54) is 29.8 Å². The molecule has 3 N–H and O–H groups in total. The molecule has 0 saturated carbocycles. The van der Waals surface area contributed by atoms with E-state index in [0.717, 1.165) is 12.8 Å². The molecule has 10 heteroatoms. The molecule has 2 aromatic carbocycles. The molecule has 34 heavy (non-hydrogen) atoms. The molecule has 9 nitrogen and oxygen atoms in total. The molecular formula is C24H25N3O6S. The molecular weight excluding hydrogens is 458 g/mol. The van der Waals surface area contributed by atoms with Crippen molar-refractivity contribution in [1.29, 1.82) is 0 Å². The SMILES string of the molecule is O=C(NCC(NS(=O)(=O)c1ccccc1)C(=O)O)c1ccc(OCCCc2ccncc2)cc1. The Morgan fingerprint density at radius 1 is 0.971 bits per heavy atom. The van der Waals surface area contributed by atoms with Gasteiger partial charge in [0.2, 0.25) is 10.0 Å². The number of rotatable bonds is 12. The Balaban J connectivity index is 1.48. The summed E-state index contributed by atoms with van der Waals surface area (Å²) in [4.78, 5) is 27.8. The van der Waals surface area contributed by atoms with E-state index < -0.39 is 34.5 Å². The van der Waals surface area contributed by atoms with Crippen LogP contribution in [0.4, 0.5) is 0 Å². The zero-order valence-electron chi connectivity index (χ0n) is 18.3. The molecule has 1 heterocycles. The van der Waals surface area contributed by atoms with E-state index in [-0.39, 0.29) is 4.90 Å². The highest BCUT2D eigenvalue weighted by atomic mass is 32.2. The number of carbonyl (C=O) groups excluding carboxylic acids is 1. The van der Waals surface area contributed by atoms with Gasteiger partial charge in [-0.15, -0.1) is 0 Å². The molecule has 0 spiro atoms. The first-order chi connectivity index (χ1) is 16.3. The molecule has 3 aromatic rings. The first-order valence-electron chi connectivity index (χ1n) is 10.6. The molecule has 1 amide bonds. The molecule has 0 bridgehead atoms. The third kappa shape index (κ3) is 7.39. The number of carbonyl (C=O) groups is 2. The van der Waals surface area contributed by atoms with Gasteiger partial charge >= 0.3 is 5.97 Å². The average molecular weight is 484 g/mol. The van der Waals surface area contributed by atoms with Crippen molar-refractivity contribution < 1.29 is 27.9 Å². The van der Waals surface area contributed by atoms with Crippen LogP contribution >= 0.6 is 0 Å². The lowest BCUT2D eigenvalue weighted by molar-refractivity contribution is -0.138. The van der Waals surface area contributed by atoms with E-state index in [9.17, 15) is 23.1 Å². The number of sulfonamides is 1. The summed E-state index contributed by atoms with van der Waals surface area (Å²) in [6, 6.07) is 16.2. The van der Waals surface area contributed by atoms with Gasteiger partial charge in [-0.2, -0.15) is 4.72 Å². The van der Waals surface area contributed by atoms with Gasteiger partial charge in [-0.05, 0) is 66.9 Å². The predicted octanol–water partition coefficient (Wildman–Crippen LogP) is 2.25. The predicted molar refractivity (Wildman–Crippen MR) is 125 cm³/mol. The molecule has 1 unspecified atom stereocenters. The Kier molecular flexibility index (Phi) is 8.72. The van der Waals surface area contributed by atoms with Gasteiger partial charge in [-0.1, -0.05) is 18.2 Å². The van der Waals surface area contributed by atoms with Gasteiger partial charge in [0.1, 0.15) is 11.8 Å². The second-order valence-electron chi connectivity index (χ2n) is 7.37. The van der Waals surface area contributed by atoms with Crippen LogP contribution in [0.1, 0.15) is 22.3 Å². The number of aromatic nitrogens is 1. The van der Waals surface area contributed by atoms with Crippen molar-refractivity contribution in [2.45, 2.75) is 23.8 Å². The third-order valence-electron chi connectivity index (χ3n) is 4.86. The topological polar surface area (TPSA) is 135 Å². The van der Waals surface area contributed by atoms with Crippen molar-refractivity contribution >= 4 is 21.9 Å². The number of aryl methyl sites for hydroxylation is 1. The Bertz CT molecular complexity index is 1190. The van der Waals surface area contributed by atoms with Gasteiger partial charge in [-0.3, -0.25) is 14.6 Å². The van der Waals surface area contributed by atoms with Crippen molar-refractivity contribution in [3.63, 3.8) is 0 Å². The van der Waals surface area contributed by atoms with Crippen LogP contribution in [-0.2, 0) is 21.2 Å². The van der Waals surface area contributed by atoms with Crippen molar-refractivity contribution in [2.75, 3.05) is 13.2 Å². The molecule has 0 aliphatic rings. The van der Waals surface area contributed by atoms with Crippen molar-refractivity contribution in [1.82, 2.24) is 15.0 Å². The van der Waals surface area contributed by atoms with Gasteiger partial charge < -0.3 is 15.2 Å². The normalized spacial score (nSPS) is 12.0. The van der Waals surface area contributed by atoms with Crippen molar-refractivity contribution in [3.05, 3.63) is 90.3 Å². The second-order valence-corrected chi connectivity index (χ2v) is 9.08. The van der Waals surface area contributed by atoms with Gasteiger partial charge in [-0.25, -0.2) is 8.42 Å². The summed E-state index contributed by atoms with van der Waals surface area (Å²) in [6.45, 7) is 0.0865. The zero-order valence-corrected chi connectivity index (χ0v) is 19.1. The summed E-state index contributed by atoms with van der Waals surface area (Å²) >= 11 is 0. The van der Waals surface area contributed by atoms with E-state index in [1.807, 2.05) is 12.1 Å². The minimum absolute atomic E-state index is 0.0658. The molecule has 0 saturated heterocycles.